The number of likely N-dealkylation sites (N-methyl/N-ethyl adjacent to an activating group) is 2. The zero-order chi connectivity index (χ0) is 13.5. The SMILES string of the molecule is CC(C)N(C)C(=O)CN(C)CCN1CCNCC1. The minimum absolute atomic E-state index is 0.202. The molecule has 1 saturated heterocycles. The van der Waals surface area contributed by atoms with Gasteiger partial charge in [-0.3, -0.25) is 14.6 Å². The Bertz CT molecular complexity index is 251. The zero-order valence-electron chi connectivity index (χ0n) is 12.3. The Kier molecular flexibility index (Phi) is 6.60. The molecule has 0 saturated carbocycles. The molecule has 0 radical (unpaired) electrons. The zero-order valence-corrected chi connectivity index (χ0v) is 12.3. The van der Waals surface area contributed by atoms with E-state index in [0.717, 1.165) is 39.3 Å². The molecule has 5 heteroatoms. The molecule has 0 aromatic heterocycles. The molecule has 0 spiro atoms. The third-order valence-corrected chi connectivity index (χ3v) is 3.58. The minimum atomic E-state index is 0.202. The fraction of sp³-hybridized carbons (Fsp3) is 0.923. The van der Waals surface area contributed by atoms with Crippen LogP contribution in [0.1, 0.15) is 13.8 Å². The van der Waals surface area contributed by atoms with E-state index in [1.165, 1.54) is 0 Å². The summed E-state index contributed by atoms with van der Waals surface area (Å²) in [7, 11) is 3.89. The normalized spacial score (nSPS) is 17.4. The minimum Gasteiger partial charge on any atom is -0.342 e. The lowest BCUT2D eigenvalue weighted by atomic mass is 10.3. The quantitative estimate of drug-likeness (QED) is 0.708. The van der Waals surface area contributed by atoms with E-state index in [1.54, 1.807) is 4.90 Å². The topological polar surface area (TPSA) is 38.8 Å². The highest BCUT2D eigenvalue weighted by molar-refractivity contribution is 5.78. The summed E-state index contributed by atoms with van der Waals surface area (Å²) in [6, 6.07) is 0.277. The Hall–Kier alpha value is -0.650. The molecular formula is C13H28N4O. The largest absolute Gasteiger partial charge is 0.342 e. The highest BCUT2D eigenvalue weighted by atomic mass is 16.2. The first-order valence-electron chi connectivity index (χ1n) is 6.88. The van der Waals surface area contributed by atoms with E-state index in [0.29, 0.717) is 6.54 Å². The molecule has 106 valence electrons. The number of carbonyl (C=O) groups is 1. The lowest BCUT2D eigenvalue weighted by molar-refractivity contribution is -0.132. The van der Waals surface area contributed by atoms with Crippen molar-refractivity contribution in [2.24, 2.45) is 0 Å². The highest BCUT2D eigenvalue weighted by Crippen LogP contribution is 1.97. The number of nitrogens with zero attached hydrogens (tertiary/aromatic N) is 3. The van der Waals surface area contributed by atoms with Gasteiger partial charge < -0.3 is 10.2 Å². The number of rotatable bonds is 6. The van der Waals surface area contributed by atoms with Crippen LogP contribution in [0.25, 0.3) is 0 Å². The average Bonchev–Trinajstić information content (AvgIpc) is 2.36. The maximum atomic E-state index is 11.9. The van der Waals surface area contributed by atoms with Gasteiger partial charge in [-0.05, 0) is 20.9 Å². The fourth-order valence-electron chi connectivity index (χ4n) is 1.96. The summed E-state index contributed by atoms with van der Waals surface area (Å²) in [6.45, 7) is 11.0. The van der Waals surface area contributed by atoms with Crippen molar-refractivity contribution in [2.75, 3.05) is 59.9 Å². The Labute approximate surface area is 111 Å². The van der Waals surface area contributed by atoms with Crippen molar-refractivity contribution in [1.82, 2.24) is 20.0 Å². The van der Waals surface area contributed by atoms with Gasteiger partial charge in [-0.25, -0.2) is 0 Å². The van der Waals surface area contributed by atoms with Crippen molar-refractivity contribution in [3.05, 3.63) is 0 Å². The fourth-order valence-corrected chi connectivity index (χ4v) is 1.96. The molecule has 0 aromatic rings. The second-order valence-electron chi connectivity index (χ2n) is 5.43. The standard InChI is InChI=1S/C13H28N4O/c1-12(2)16(4)13(18)11-15(3)9-10-17-7-5-14-6-8-17/h12,14H,5-11H2,1-4H3. The van der Waals surface area contributed by atoms with Crippen LogP contribution in [0, 0.1) is 0 Å². The third-order valence-electron chi connectivity index (χ3n) is 3.58. The summed E-state index contributed by atoms with van der Waals surface area (Å²) in [5, 5.41) is 3.35. The number of amides is 1. The van der Waals surface area contributed by atoms with Crippen molar-refractivity contribution < 1.29 is 4.79 Å². The molecule has 1 aliphatic rings. The molecule has 18 heavy (non-hydrogen) atoms. The van der Waals surface area contributed by atoms with Crippen LogP contribution in [0.3, 0.4) is 0 Å². The first-order valence-corrected chi connectivity index (χ1v) is 6.88. The van der Waals surface area contributed by atoms with E-state index in [4.69, 9.17) is 0 Å². The van der Waals surface area contributed by atoms with E-state index < -0.39 is 0 Å². The summed E-state index contributed by atoms with van der Waals surface area (Å²) in [5.74, 6) is 0.202. The third kappa shape index (κ3) is 5.33. The van der Waals surface area contributed by atoms with E-state index in [-0.39, 0.29) is 11.9 Å². The predicted octanol–water partition coefficient (Wildman–Crippen LogP) is -0.310. The Morgan fingerprint density at radius 3 is 2.44 bits per heavy atom. The second kappa shape index (κ2) is 7.71. The van der Waals surface area contributed by atoms with Crippen molar-refractivity contribution >= 4 is 5.91 Å². The molecule has 0 aliphatic carbocycles. The van der Waals surface area contributed by atoms with Crippen LogP contribution >= 0.6 is 0 Å². The van der Waals surface area contributed by atoms with Crippen LogP contribution in [-0.4, -0.2) is 86.6 Å². The van der Waals surface area contributed by atoms with Gasteiger partial charge >= 0.3 is 0 Å². The molecule has 0 unspecified atom stereocenters. The van der Waals surface area contributed by atoms with Crippen molar-refractivity contribution in [3.8, 4) is 0 Å². The van der Waals surface area contributed by atoms with Crippen molar-refractivity contribution in [1.29, 1.82) is 0 Å². The number of piperazine rings is 1. The van der Waals surface area contributed by atoms with Gasteiger partial charge in [0.15, 0.2) is 0 Å². The van der Waals surface area contributed by atoms with Crippen LogP contribution < -0.4 is 5.32 Å². The van der Waals surface area contributed by atoms with Gasteiger partial charge in [-0.15, -0.1) is 0 Å². The molecule has 1 fully saturated rings. The van der Waals surface area contributed by atoms with Crippen molar-refractivity contribution in [2.45, 2.75) is 19.9 Å². The molecular weight excluding hydrogens is 228 g/mol. The molecule has 1 heterocycles. The number of nitrogens with one attached hydrogen (secondary N) is 1. The molecule has 1 rings (SSSR count). The summed E-state index contributed by atoms with van der Waals surface area (Å²) >= 11 is 0. The van der Waals surface area contributed by atoms with Crippen LogP contribution in [0.15, 0.2) is 0 Å². The lowest BCUT2D eigenvalue weighted by Gasteiger charge is -2.30. The maximum absolute atomic E-state index is 11.9. The van der Waals surface area contributed by atoms with Gasteiger partial charge in [0.05, 0.1) is 6.54 Å². The van der Waals surface area contributed by atoms with Crippen molar-refractivity contribution in [3.63, 3.8) is 0 Å². The highest BCUT2D eigenvalue weighted by Gasteiger charge is 2.15. The Morgan fingerprint density at radius 2 is 1.89 bits per heavy atom. The Balaban J connectivity index is 2.20. The number of hydrogen-bond acceptors (Lipinski definition) is 4. The number of carbonyl (C=O) groups excluding carboxylic acids is 1. The molecule has 1 aliphatic heterocycles. The van der Waals surface area contributed by atoms with Crippen LogP contribution in [0.2, 0.25) is 0 Å². The van der Waals surface area contributed by atoms with Gasteiger partial charge in [0, 0.05) is 52.4 Å². The first kappa shape index (κ1) is 15.4. The van der Waals surface area contributed by atoms with Gasteiger partial charge in [0.2, 0.25) is 5.91 Å². The van der Waals surface area contributed by atoms with Gasteiger partial charge in [0.1, 0.15) is 0 Å². The molecule has 5 nitrogen and oxygen atoms in total. The molecule has 0 aromatic carbocycles. The molecule has 1 amide bonds. The van der Waals surface area contributed by atoms with E-state index in [9.17, 15) is 4.79 Å². The van der Waals surface area contributed by atoms with Crippen LogP contribution in [-0.2, 0) is 4.79 Å². The smallest absolute Gasteiger partial charge is 0.236 e. The van der Waals surface area contributed by atoms with Crippen LogP contribution in [0.4, 0.5) is 0 Å². The summed E-state index contributed by atoms with van der Waals surface area (Å²) in [6.07, 6.45) is 0. The average molecular weight is 256 g/mol. The van der Waals surface area contributed by atoms with E-state index in [2.05, 4.69) is 15.1 Å². The first-order chi connectivity index (χ1) is 8.50. The van der Waals surface area contributed by atoms with Gasteiger partial charge in [0.25, 0.3) is 0 Å². The van der Waals surface area contributed by atoms with Gasteiger partial charge in [-0.1, -0.05) is 0 Å². The molecule has 0 atom stereocenters. The lowest BCUT2D eigenvalue weighted by Crippen LogP contribution is -2.47. The van der Waals surface area contributed by atoms with Crippen LogP contribution in [0.5, 0.6) is 0 Å². The maximum Gasteiger partial charge on any atom is 0.236 e. The monoisotopic (exact) mass is 256 g/mol. The second-order valence-corrected chi connectivity index (χ2v) is 5.43. The van der Waals surface area contributed by atoms with E-state index in [1.807, 2.05) is 27.9 Å². The van der Waals surface area contributed by atoms with Gasteiger partial charge in [-0.2, -0.15) is 0 Å². The Morgan fingerprint density at radius 1 is 1.28 bits per heavy atom. The van der Waals surface area contributed by atoms with E-state index >= 15 is 0 Å². The predicted molar refractivity (Wildman–Crippen MR) is 74.7 cm³/mol. The molecule has 0 bridgehead atoms. The summed E-state index contributed by atoms with van der Waals surface area (Å²) in [5.41, 5.74) is 0. The summed E-state index contributed by atoms with van der Waals surface area (Å²) < 4.78 is 0. The summed E-state index contributed by atoms with van der Waals surface area (Å²) in [4.78, 5) is 18.3. The number of hydrogen-bond donors (Lipinski definition) is 1. The molecule has 1 N–H and O–H groups in total.